The van der Waals surface area contributed by atoms with E-state index in [1.807, 2.05) is 11.6 Å². The lowest BCUT2D eigenvalue weighted by atomic mass is 10.2. The van der Waals surface area contributed by atoms with E-state index in [2.05, 4.69) is 52.8 Å². The van der Waals surface area contributed by atoms with E-state index in [0.29, 0.717) is 18.4 Å². The first-order valence-corrected chi connectivity index (χ1v) is 8.50. The summed E-state index contributed by atoms with van der Waals surface area (Å²) in [7, 11) is 0. The summed E-state index contributed by atoms with van der Waals surface area (Å²) in [5, 5.41) is 9.74. The molecule has 0 aliphatic heterocycles. The fraction of sp³-hybridized carbons (Fsp3) is 0.500. The highest BCUT2D eigenvalue weighted by Gasteiger charge is 2.07. The van der Waals surface area contributed by atoms with Crippen LogP contribution in [0.1, 0.15) is 23.2 Å². The average Bonchev–Trinajstić information content (AvgIpc) is 3.07. The highest BCUT2D eigenvalue weighted by molar-refractivity contribution is 14.0. The Kier molecular flexibility index (Phi) is 8.60. The number of nitrogens with one attached hydrogen (secondary N) is 1. The predicted octanol–water partition coefficient (Wildman–Crippen LogP) is 2.96. The number of aliphatic imine (C=N–C) groups is 1. The summed E-state index contributed by atoms with van der Waals surface area (Å²) in [5.41, 5.74) is 8.16. The molecule has 7 heteroatoms. The minimum atomic E-state index is 0. The molecule has 2 aromatic rings. The van der Waals surface area contributed by atoms with E-state index in [-0.39, 0.29) is 24.0 Å². The molecule has 0 amide bonds. The number of thiophene rings is 1. The number of nitrogens with zero attached hydrogens (tertiary/aromatic N) is 3. The number of nitrogens with two attached hydrogens (primary N) is 1. The molecule has 0 saturated carbocycles. The van der Waals surface area contributed by atoms with E-state index in [9.17, 15) is 0 Å². The fourth-order valence-corrected chi connectivity index (χ4v) is 3.00. The lowest BCUT2D eigenvalue weighted by molar-refractivity contribution is 0.450. The van der Waals surface area contributed by atoms with Gasteiger partial charge in [-0.2, -0.15) is 5.10 Å². The Morgan fingerprint density at radius 3 is 2.87 bits per heavy atom. The van der Waals surface area contributed by atoms with Crippen molar-refractivity contribution in [2.24, 2.45) is 16.6 Å². The normalized spacial score (nSPS) is 12.7. The molecule has 0 aliphatic carbocycles. The smallest absolute Gasteiger partial charge is 0.188 e. The maximum absolute atomic E-state index is 5.91. The zero-order chi connectivity index (χ0) is 15.9. The van der Waals surface area contributed by atoms with Gasteiger partial charge >= 0.3 is 0 Å². The van der Waals surface area contributed by atoms with Crippen molar-refractivity contribution < 1.29 is 0 Å². The largest absolute Gasteiger partial charge is 0.370 e. The van der Waals surface area contributed by atoms with Crippen LogP contribution in [0.4, 0.5) is 0 Å². The molecule has 2 rings (SSSR count). The Balaban J connectivity index is 0.00000264. The molecule has 5 nitrogen and oxygen atoms in total. The maximum atomic E-state index is 5.91. The van der Waals surface area contributed by atoms with Crippen molar-refractivity contribution in [2.45, 2.75) is 33.7 Å². The van der Waals surface area contributed by atoms with Crippen LogP contribution in [-0.2, 0) is 13.0 Å². The molecular weight excluding hydrogens is 421 g/mol. The standard InChI is InChI=1S/C16H25N5S.HI/c1-12(11-21-14(3)9-13(2)20-21)10-19-16(17)18-7-6-15-5-4-8-22-15;/h4-5,8-9,12H,6-7,10-11H2,1-3H3,(H3,17,18,19);1H. The Hall–Kier alpha value is -1.09. The molecule has 2 heterocycles. The van der Waals surface area contributed by atoms with Crippen molar-refractivity contribution in [3.8, 4) is 0 Å². The van der Waals surface area contributed by atoms with Gasteiger partial charge in [0.05, 0.1) is 5.69 Å². The number of aryl methyl sites for hydroxylation is 2. The van der Waals surface area contributed by atoms with Crippen LogP contribution in [0.3, 0.4) is 0 Å². The second-order valence-corrected chi connectivity index (χ2v) is 6.73. The molecule has 1 unspecified atom stereocenters. The van der Waals surface area contributed by atoms with E-state index < -0.39 is 0 Å². The molecular formula is C16H26IN5S. The third-order valence-corrected chi connectivity index (χ3v) is 4.36. The highest BCUT2D eigenvalue weighted by atomic mass is 127. The van der Waals surface area contributed by atoms with Crippen LogP contribution in [0.2, 0.25) is 0 Å². The van der Waals surface area contributed by atoms with Gasteiger partial charge in [-0.1, -0.05) is 13.0 Å². The van der Waals surface area contributed by atoms with Gasteiger partial charge in [0.25, 0.3) is 0 Å². The van der Waals surface area contributed by atoms with Gasteiger partial charge in [0.15, 0.2) is 5.96 Å². The average molecular weight is 447 g/mol. The molecule has 0 bridgehead atoms. The number of halogens is 1. The predicted molar refractivity (Wildman–Crippen MR) is 109 cm³/mol. The van der Waals surface area contributed by atoms with E-state index in [4.69, 9.17) is 5.73 Å². The molecule has 0 radical (unpaired) electrons. The molecule has 1 atom stereocenters. The molecule has 0 fully saturated rings. The summed E-state index contributed by atoms with van der Waals surface area (Å²) in [6, 6.07) is 6.30. The summed E-state index contributed by atoms with van der Waals surface area (Å²) in [6.45, 7) is 8.65. The fourth-order valence-electron chi connectivity index (χ4n) is 2.29. The van der Waals surface area contributed by atoms with Crippen molar-refractivity contribution in [1.29, 1.82) is 0 Å². The summed E-state index contributed by atoms with van der Waals surface area (Å²) < 4.78 is 2.04. The monoisotopic (exact) mass is 447 g/mol. The number of rotatable bonds is 7. The first-order chi connectivity index (χ1) is 10.5. The van der Waals surface area contributed by atoms with E-state index >= 15 is 0 Å². The first-order valence-electron chi connectivity index (χ1n) is 7.62. The van der Waals surface area contributed by atoms with Gasteiger partial charge < -0.3 is 11.1 Å². The SMILES string of the molecule is Cc1cc(C)n(CC(C)CN=C(N)NCCc2cccs2)n1.I. The second-order valence-electron chi connectivity index (χ2n) is 5.70. The Bertz CT molecular complexity index is 606. The molecule has 0 aliphatic rings. The zero-order valence-corrected chi connectivity index (χ0v) is 17.1. The molecule has 23 heavy (non-hydrogen) atoms. The number of guanidine groups is 1. The van der Waals surface area contributed by atoms with Crippen LogP contribution in [0, 0.1) is 19.8 Å². The summed E-state index contributed by atoms with van der Waals surface area (Å²) in [6.07, 6.45) is 0.981. The summed E-state index contributed by atoms with van der Waals surface area (Å²) in [4.78, 5) is 5.78. The van der Waals surface area contributed by atoms with Gasteiger partial charge in [0.1, 0.15) is 0 Å². The summed E-state index contributed by atoms with van der Waals surface area (Å²) >= 11 is 1.77. The molecule has 2 aromatic heterocycles. The van der Waals surface area contributed by atoms with Gasteiger partial charge in [-0.05, 0) is 43.7 Å². The van der Waals surface area contributed by atoms with Crippen LogP contribution < -0.4 is 11.1 Å². The number of hydrogen-bond donors (Lipinski definition) is 2. The Labute approximate surface area is 159 Å². The first kappa shape index (κ1) is 20.0. The topological polar surface area (TPSA) is 68.2 Å². The number of hydrogen-bond acceptors (Lipinski definition) is 3. The Morgan fingerprint density at radius 1 is 1.48 bits per heavy atom. The van der Waals surface area contributed by atoms with Crippen LogP contribution in [0.15, 0.2) is 28.6 Å². The maximum Gasteiger partial charge on any atom is 0.188 e. The minimum Gasteiger partial charge on any atom is -0.370 e. The molecule has 3 N–H and O–H groups in total. The highest BCUT2D eigenvalue weighted by Crippen LogP contribution is 2.08. The zero-order valence-electron chi connectivity index (χ0n) is 14.0. The van der Waals surface area contributed by atoms with E-state index in [1.165, 1.54) is 10.6 Å². The van der Waals surface area contributed by atoms with E-state index in [1.54, 1.807) is 11.3 Å². The molecule has 128 valence electrons. The van der Waals surface area contributed by atoms with Gasteiger partial charge in [-0.15, -0.1) is 35.3 Å². The van der Waals surface area contributed by atoms with Gasteiger partial charge in [0.2, 0.25) is 0 Å². The van der Waals surface area contributed by atoms with E-state index in [0.717, 1.165) is 25.2 Å². The second kappa shape index (κ2) is 9.92. The van der Waals surface area contributed by atoms with Crippen molar-refractivity contribution in [2.75, 3.05) is 13.1 Å². The quantitative estimate of drug-likeness (QED) is 0.390. The van der Waals surface area contributed by atoms with Crippen molar-refractivity contribution in [3.63, 3.8) is 0 Å². The molecule has 0 saturated heterocycles. The van der Waals surface area contributed by atoms with Crippen molar-refractivity contribution in [1.82, 2.24) is 15.1 Å². The van der Waals surface area contributed by atoms with Crippen LogP contribution in [0.5, 0.6) is 0 Å². The molecule has 0 aromatic carbocycles. The molecule has 0 spiro atoms. The van der Waals surface area contributed by atoms with Gasteiger partial charge in [-0.3, -0.25) is 9.67 Å². The summed E-state index contributed by atoms with van der Waals surface area (Å²) in [5.74, 6) is 0.924. The third-order valence-electron chi connectivity index (χ3n) is 3.42. The van der Waals surface area contributed by atoms with Crippen LogP contribution in [-0.4, -0.2) is 28.8 Å². The minimum absolute atomic E-state index is 0. The number of aromatic nitrogens is 2. The van der Waals surface area contributed by atoms with Gasteiger partial charge in [-0.25, -0.2) is 0 Å². The lowest BCUT2D eigenvalue weighted by Crippen LogP contribution is -2.33. The van der Waals surface area contributed by atoms with Crippen LogP contribution in [0.25, 0.3) is 0 Å². The van der Waals surface area contributed by atoms with Crippen molar-refractivity contribution in [3.05, 3.63) is 39.8 Å². The lowest BCUT2D eigenvalue weighted by Gasteiger charge is -2.11. The van der Waals surface area contributed by atoms with Crippen LogP contribution >= 0.6 is 35.3 Å². The third kappa shape index (κ3) is 6.90. The van der Waals surface area contributed by atoms with Crippen molar-refractivity contribution >= 4 is 41.3 Å². The Morgan fingerprint density at radius 2 is 2.26 bits per heavy atom. The van der Waals surface area contributed by atoms with Gasteiger partial charge in [0, 0.05) is 30.2 Å².